The van der Waals surface area contributed by atoms with Crippen molar-refractivity contribution in [2.45, 2.75) is 51.9 Å². The van der Waals surface area contributed by atoms with Crippen LogP contribution in [0.25, 0.3) is 11.4 Å². The fourth-order valence-electron chi connectivity index (χ4n) is 2.61. The van der Waals surface area contributed by atoms with Gasteiger partial charge in [-0.2, -0.15) is 0 Å². The number of aromatic nitrogens is 2. The quantitative estimate of drug-likeness (QED) is 0.755. The molecule has 1 N–H and O–H groups in total. The van der Waals surface area contributed by atoms with Crippen molar-refractivity contribution in [1.82, 2.24) is 9.97 Å². The van der Waals surface area contributed by atoms with Gasteiger partial charge < -0.3 is 5.09 Å². The van der Waals surface area contributed by atoms with E-state index in [1.807, 2.05) is 36.4 Å². The van der Waals surface area contributed by atoms with E-state index in [-0.39, 0.29) is 10.3 Å². The molecule has 2 rings (SSSR count). The average Bonchev–Trinajstić information content (AvgIpc) is 2.44. The fraction of sp³-hybridized carbons (Fsp3) is 0.444. The Bertz CT molecular complexity index is 598. The van der Waals surface area contributed by atoms with Crippen molar-refractivity contribution in [3.63, 3.8) is 0 Å². The molecule has 0 aliphatic rings. The third-order valence-corrected chi connectivity index (χ3v) is 6.38. The number of anilines is 1. The molecule has 0 atom stereocenters. The Morgan fingerprint density at radius 3 is 2.00 bits per heavy atom. The normalized spacial score (nSPS) is 12.5. The predicted octanol–water partition coefficient (Wildman–Crippen LogP) is 5.55. The summed E-state index contributed by atoms with van der Waals surface area (Å²) in [4.78, 5) is 9.13. The molecule has 0 amide bonds. The molecule has 0 saturated carbocycles. The van der Waals surface area contributed by atoms with Gasteiger partial charge in [-0.15, -0.1) is 0 Å². The molecular weight excluding hydrogens is 289 g/mol. The van der Waals surface area contributed by atoms with Gasteiger partial charge in [0.05, 0.1) is 11.4 Å². The molecule has 118 valence electrons. The maximum Gasteiger partial charge on any atom is 0.129 e. The summed E-state index contributed by atoms with van der Waals surface area (Å²) in [7, 11) is -0.433. The number of hydrogen-bond donors (Lipinski definition) is 1. The van der Waals surface area contributed by atoms with Crippen LogP contribution >= 0.6 is 8.07 Å². The predicted molar refractivity (Wildman–Crippen MR) is 97.5 cm³/mol. The fourth-order valence-corrected chi connectivity index (χ4v) is 5.65. The van der Waals surface area contributed by atoms with Crippen molar-refractivity contribution in [3.05, 3.63) is 42.6 Å². The summed E-state index contributed by atoms with van der Waals surface area (Å²) in [6.07, 6.45) is 1.80. The molecule has 0 aliphatic carbocycles. The van der Waals surface area contributed by atoms with Crippen LogP contribution in [0.1, 0.15) is 41.5 Å². The molecule has 0 fully saturated rings. The molecule has 2 aromatic rings. The standard InChI is InChI=1S/C18H26N3P/c1-17(2,3)22(18(4,5)6)21-16-12-9-11-15(20-16)14-10-7-8-13-19-14/h7-13H,1-6H3,(H,20,21). The minimum atomic E-state index is -0.433. The lowest BCUT2D eigenvalue weighted by molar-refractivity contribution is 0.710. The first-order valence-electron chi connectivity index (χ1n) is 7.63. The van der Waals surface area contributed by atoms with E-state index in [4.69, 9.17) is 4.98 Å². The Morgan fingerprint density at radius 1 is 0.818 bits per heavy atom. The van der Waals surface area contributed by atoms with E-state index in [1.165, 1.54) is 0 Å². The molecule has 0 saturated heterocycles. The van der Waals surface area contributed by atoms with Gasteiger partial charge in [-0.3, -0.25) is 4.98 Å². The van der Waals surface area contributed by atoms with Gasteiger partial charge in [0, 0.05) is 24.6 Å². The molecule has 4 heteroatoms. The Kier molecular flexibility index (Phi) is 4.87. The molecule has 0 aliphatic heterocycles. The zero-order chi connectivity index (χ0) is 16.4. The Balaban J connectivity index is 2.30. The smallest absolute Gasteiger partial charge is 0.129 e. The highest BCUT2D eigenvalue weighted by Crippen LogP contribution is 2.58. The van der Waals surface area contributed by atoms with Crippen molar-refractivity contribution in [2.75, 3.05) is 5.09 Å². The summed E-state index contributed by atoms with van der Waals surface area (Å²) in [6, 6.07) is 12.0. The monoisotopic (exact) mass is 315 g/mol. The van der Waals surface area contributed by atoms with Gasteiger partial charge in [0.15, 0.2) is 0 Å². The molecule has 0 aromatic carbocycles. The zero-order valence-electron chi connectivity index (χ0n) is 14.4. The first kappa shape index (κ1) is 16.9. The van der Waals surface area contributed by atoms with Gasteiger partial charge in [0.1, 0.15) is 5.82 Å². The third-order valence-electron chi connectivity index (χ3n) is 3.24. The SMILES string of the molecule is CC(C)(C)P(Nc1cccc(-c2ccccn2)n1)C(C)(C)C. The first-order valence-corrected chi connectivity index (χ1v) is 8.97. The van der Waals surface area contributed by atoms with Crippen LogP contribution in [0.15, 0.2) is 42.6 Å². The van der Waals surface area contributed by atoms with Crippen LogP contribution in [0.4, 0.5) is 5.82 Å². The summed E-state index contributed by atoms with van der Waals surface area (Å²) in [5.74, 6) is 0.930. The van der Waals surface area contributed by atoms with Crippen molar-refractivity contribution in [2.24, 2.45) is 0 Å². The highest BCUT2D eigenvalue weighted by molar-refractivity contribution is 7.62. The van der Waals surface area contributed by atoms with Gasteiger partial charge >= 0.3 is 0 Å². The van der Waals surface area contributed by atoms with E-state index >= 15 is 0 Å². The lowest BCUT2D eigenvalue weighted by Crippen LogP contribution is -2.29. The number of rotatable bonds is 3. The highest BCUT2D eigenvalue weighted by Gasteiger charge is 2.35. The van der Waals surface area contributed by atoms with E-state index < -0.39 is 8.07 Å². The Labute approximate surface area is 135 Å². The number of nitrogens with one attached hydrogen (secondary N) is 1. The molecule has 3 nitrogen and oxygen atoms in total. The number of nitrogens with zero attached hydrogens (tertiary/aromatic N) is 2. The molecule has 0 bridgehead atoms. The van der Waals surface area contributed by atoms with Crippen LogP contribution in [0.2, 0.25) is 0 Å². The molecule has 22 heavy (non-hydrogen) atoms. The van der Waals surface area contributed by atoms with E-state index in [0.29, 0.717) is 0 Å². The average molecular weight is 315 g/mol. The van der Waals surface area contributed by atoms with Crippen molar-refractivity contribution >= 4 is 13.9 Å². The van der Waals surface area contributed by atoms with Crippen LogP contribution < -0.4 is 5.09 Å². The summed E-state index contributed by atoms with van der Waals surface area (Å²) < 4.78 is 0. The zero-order valence-corrected chi connectivity index (χ0v) is 15.3. The second-order valence-electron chi connectivity index (χ2n) is 7.41. The van der Waals surface area contributed by atoms with Gasteiger partial charge in [0.25, 0.3) is 0 Å². The summed E-state index contributed by atoms with van der Waals surface area (Å²) in [5.41, 5.74) is 1.81. The maximum absolute atomic E-state index is 4.75. The molecule has 2 aromatic heterocycles. The lowest BCUT2D eigenvalue weighted by atomic mass is 10.2. The van der Waals surface area contributed by atoms with E-state index in [2.05, 4.69) is 51.6 Å². The van der Waals surface area contributed by atoms with Gasteiger partial charge in [-0.1, -0.05) is 53.7 Å². The second kappa shape index (κ2) is 6.34. The van der Waals surface area contributed by atoms with Gasteiger partial charge in [-0.05, 0) is 24.3 Å². The van der Waals surface area contributed by atoms with Crippen LogP contribution in [-0.4, -0.2) is 20.3 Å². The minimum absolute atomic E-state index is 0.205. The number of pyridine rings is 2. The Hall–Kier alpha value is -1.47. The van der Waals surface area contributed by atoms with Gasteiger partial charge in [0.2, 0.25) is 0 Å². The van der Waals surface area contributed by atoms with Crippen LogP contribution in [0.3, 0.4) is 0 Å². The van der Waals surface area contributed by atoms with Crippen LogP contribution in [-0.2, 0) is 0 Å². The topological polar surface area (TPSA) is 37.8 Å². The van der Waals surface area contributed by atoms with Gasteiger partial charge in [-0.25, -0.2) is 4.98 Å². The van der Waals surface area contributed by atoms with E-state index in [9.17, 15) is 0 Å². The third kappa shape index (κ3) is 4.27. The minimum Gasteiger partial charge on any atom is -0.348 e. The van der Waals surface area contributed by atoms with Crippen molar-refractivity contribution in [3.8, 4) is 11.4 Å². The van der Waals surface area contributed by atoms with Crippen LogP contribution in [0, 0.1) is 0 Å². The molecule has 0 spiro atoms. The van der Waals surface area contributed by atoms with E-state index in [0.717, 1.165) is 17.2 Å². The summed E-state index contributed by atoms with van der Waals surface area (Å²) >= 11 is 0. The van der Waals surface area contributed by atoms with Crippen LogP contribution in [0.5, 0.6) is 0 Å². The number of hydrogen-bond acceptors (Lipinski definition) is 3. The largest absolute Gasteiger partial charge is 0.348 e. The maximum atomic E-state index is 4.75. The molecule has 0 unspecified atom stereocenters. The molecule has 2 heterocycles. The highest BCUT2D eigenvalue weighted by atomic mass is 31.1. The Morgan fingerprint density at radius 2 is 1.45 bits per heavy atom. The lowest BCUT2D eigenvalue weighted by Gasteiger charge is -2.41. The molecule has 0 radical (unpaired) electrons. The molecular formula is C18H26N3P. The van der Waals surface area contributed by atoms with Crippen molar-refractivity contribution < 1.29 is 0 Å². The van der Waals surface area contributed by atoms with E-state index in [1.54, 1.807) is 6.20 Å². The summed E-state index contributed by atoms with van der Waals surface area (Å²) in [6.45, 7) is 13.7. The summed E-state index contributed by atoms with van der Waals surface area (Å²) in [5, 5.41) is 4.10. The first-order chi connectivity index (χ1) is 10.2. The van der Waals surface area contributed by atoms with Crippen molar-refractivity contribution in [1.29, 1.82) is 0 Å². The second-order valence-corrected chi connectivity index (χ2v) is 11.0.